The van der Waals surface area contributed by atoms with Crippen LogP contribution in [-0.4, -0.2) is 35.8 Å². The Bertz CT molecular complexity index is 1020. The monoisotopic (exact) mass is 409 g/mol. The number of hydrogen-bond donors (Lipinski definition) is 3. The first-order valence-electron chi connectivity index (χ1n) is 9.02. The van der Waals surface area contributed by atoms with E-state index in [0.29, 0.717) is 23.6 Å². The van der Waals surface area contributed by atoms with Gasteiger partial charge < -0.3 is 15.4 Å². The molecule has 1 aromatic heterocycles. The van der Waals surface area contributed by atoms with Gasteiger partial charge in [0.25, 0.3) is 5.91 Å². The predicted octanol–water partition coefficient (Wildman–Crippen LogP) is 3.28. The fraction of sp³-hybridized carbons (Fsp3) is 0.190. The van der Waals surface area contributed by atoms with Gasteiger partial charge in [-0.25, -0.2) is 0 Å². The largest absolute Gasteiger partial charge is 0.371 e. The van der Waals surface area contributed by atoms with Crippen molar-refractivity contribution in [3.63, 3.8) is 0 Å². The van der Waals surface area contributed by atoms with Crippen LogP contribution in [0.15, 0.2) is 54.6 Å². The minimum absolute atomic E-state index is 0. The van der Waals surface area contributed by atoms with E-state index in [-0.39, 0.29) is 30.1 Å². The molecule has 1 fully saturated rings. The highest BCUT2D eigenvalue weighted by Gasteiger charge is 2.16. The summed E-state index contributed by atoms with van der Waals surface area (Å²) in [6.45, 7) is 2.35. The lowest BCUT2D eigenvalue weighted by molar-refractivity contribution is 0.0277. The van der Waals surface area contributed by atoms with E-state index in [9.17, 15) is 4.79 Å². The van der Waals surface area contributed by atoms with Crippen LogP contribution in [0.2, 0.25) is 0 Å². The number of carbonyl (C=O) groups is 1. The average Bonchev–Trinajstić information content (AvgIpc) is 3.25. The molecule has 1 amide bonds. The summed E-state index contributed by atoms with van der Waals surface area (Å²) in [6, 6.07) is 18.5. The normalized spacial score (nSPS) is 15.8. The third-order valence-electron chi connectivity index (χ3n) is 4.58. The van der Waals surface area contributed by atoms with Crippen LogP contribution >= 0.6 is 12.4 Å². The van der Waals surface area contributed by atoms with Gasteiger partial charge in [-0.05, 0) is 35.9 Å². The van der Waals surface area contributed by atoms with Crippen molar-refractivity contribution >= 4 is 24.0 Å². The number of carbonyl (C=O) groups excluding carboxylic acids is 1. The zero-order valence-corrected chi connectivity index (χ0v) is 16.3. The molecule has 3 N–H and O–H groups in total. The van der Waals surface area contributed by atoms with Crippen molar-refractivity contribution in [1.29, 1.82) is 5.26 Å². The highest BCUT2D eigenvalue weighted by Crippen LogP contribution is 2.22. The van der Waals surface area contributed by atoms with Crippen LogP contribution in [-0.2, 0) is 4.74 Å². The third-order valence-corrected chi connectivity index (χ3v) is 4.58. The number of rotatable bonds is 4. The third kappa shape index (κ3) is 4.81. The quantitative estimate of drug-likeness (QED) is 0.613. The van der Waals surface area contributed by atoms with Gasteiger partial charge in [0.15, 0.2) is 5.69 Å². The number of nitriles is 1. The summed E-state index contributed by atoms with van der Waals surface area (Å²) >= 11 is 0. The number of nitrogens with zero attached hydrogens (tertiary/aromatic N) is 2. The van der Waals surface area contributed by atoms with Crippen molar-refractivity contribution in [3.05, 3.63) is 71.4 Å². The van der Waals surface area contributed by atoms with E-state index < -0.39 is 0 Å². The summed E-state index contributed by atoms with van der Waals surface area (Å²) in [7, 11) is 0. The molecule has 3 aromatic rings. The van der Waals surface area contributed by atoms with Crippen molar-refractivity contribution < 1.29 is 9.53 Å². The van der Waals surface area contributed by atoms with Crippen LogP contribution in [0, 0.1) is 11.3 Å². The Morgan fingerprint density at radius 3 is 2.76 bits per heavy atom. The fourth-order valence-electron chi connectivity index (χ4n) is 3.10. The second-order valence-electron chi connectivity index (χ2n) is 6.50. The Morgan fingerprint density at radius 2 is 2.03 bits per heavy atom. The molecule has 7 nitrogen and oxygen atoms in total. The summed E-state index contributed by atoms with van der Waals surface area (Å²) in [4.78, 5) is 12.5. The molecule has 0 radical (unpaired) electrons. The lowest BCUT2D eigenvalue weighted by atomic mass is 10.1. The highest BCUT2D eigenvalue weighted by atomic mass is 35.5. The van der Waals surface area contributed by atoms with Crippen LogP contribution < -0.4 is 10.6 Å². The van der Waals surface area contributed by atoms with Gasteiger partial charge in [-0.2, -0.15) is 10.4 Å². The van der Waals surface area contributed by atoms with Gasteiger partial charge in [-0.3, -0.25) is 9.89 Å². The first-order valence-corrected chi connectivity index (χ1v) is 9.02. The van der Waals surface area contributed by atoms with Gasteiger partial charge in [0.05, 0.1) is 30.0 Å². The van der Waals surface area contributed by atoms with Gasteiger partial charge in [-0.15, -0.1) is 12.4 Å². The number of hydrogen-bond acceptors (Lipinski definition) is 5. The zero-order valence-electron chi connectivity index (χ0n) is 15.5. The first kappa shape index (κ1) is 20.6. The van der Waals surface area contributed by atoms with Gasteiger partial charge in [-0.1, -0.05) is 24.3 Å². The fourth-order valence-corrected chi connectivity index (χ4v) is 3.10. The van der Waals surface area contributed by atoms with E-state index in [1.165, 1.54) is 0 Å². The van der Waals surface area contributed by atoms with Gasteiger partial charge in [0.2, 0.25) is 0 Å². The van der Waals surface area contributed by atoms with Crippen molar-refractivity contribution in [2.24, 2.45) is 0 Å². The molecule has 1 atom stereocenters. The Kier molecular flexibility index (Phi) is 6.62. The smallest absolute Gasteiger partial charge is 0.276 e. The molecule has 0 aliphatic carbocycles. The standard InChI is InChI=1S/C21H19N5O2.ClH/c22-12-14-2-1-3-16(10-14)18-11-19(26-25-18)21(27)24-17-6-4-15(5-7-17)20-13-23-8-9-28-20;/h1-7,10-11,20,23H,8-9,13H2,(H,24,27)(H,25,26);1H/t20-;/m1./s1. The Balaban J connectivity index is 0.00000240. The van der Waals surface area contributed by atoms with Crippen LogP contribution in [0.3, 0.4) is 0 Å². The summed E-state index contributed by atoms with van der Waals surface area (Å²) in [5.74, 6) is -0.303. The molecule has 8 heteroatoms. The number of aromatic amines is 1. The molecule has 0 unspecified atom stereocenters. The van der Waals surface area contributed by atoms with Crippen molar-refractivity contribution in [2.45, 2.75) is 6.10 Å². The van der Waals surface area contributed by atoms with Crippen LogP contribution in [0.1, 0.15) is 27.7 Å². The van der Waals surface area contributed by atoms with E-state index in [0.717, 1.165) is 24.2 Å². The molecule has 29 heavy (non-hydrogen) atoms. The van der Waals surface area contributed by atoms with Crippen molar-refractivity contribution in [3.8, 4) is 17.3 Å². The van der Waals surface area contributed by atoms with Gasteiger partial charge in [0, 0.05) is 24.3 Å². The highest BCUT2D eigenvalue weighted by molar-refractivity contribution is 6.03. The van der Waals surface area contributed by atoms with E-state index in [1.807, 2.05) is 30.3 Å². The minimum atomic E-state index is -0.303. The van der Waals surface area contributed by atoms with E-state index in [1.54, 1.807) is 24.3 Å². The molecule has 2 aromatic carbocycles. The first-order chi connectivity index (χ1) is 13.7. The number of nitrogens with one attached hydrogen (secondary N) is 3. The lowest BCUT2D eigenvalue weighted by Gasteiger charge is -2.24. The molecule has 1 saturated heterocycles. The zero-order chi connectivity index (χ0) is 19.3. The lowest BCUT2D eigenvalue weighted by Crippen LogP contribution is -2.33. The summed E-state index contributed by atoms with van der Waals surface area (Å²) in [5, 5.41) is 22.1. The molecule has 1 aliphatic heterocycles. The average molecular weight is 410 g/mol. The Hall–Kier alpha value is -3.18. The molecular weight excluding hydrogens is 390 g/mol. The van der Waals surface area contributed by atoms with Crippen LogP contribution in [0.25, 0.3) is 11.3 Å². The number of amides is 1. The maximum absolute atomic E-state index is 12.5. The summed E-state index contributed by atoms with van der Waals surface area (Å²) in [6.07, 6.45) is 0.0385. The molecule has 0 spiro atoms. The second kappa shape index (κ2) is 9.34. The summed E-state index contributed by atoms with van der Waals surface area (Å²) < 4.78 is 5.73. The molecular formula is C21H20ClN5O2. The van der Waals surface area contributed by atoms with E-state index in [2.05, 4.69) is 26.9 Å². The number of anilines is 1. The number of aromatic nitrogens is 2. The van der Waals surface area contributed by atoms with Crippen molar-refractivity contribution in [1.82, 2.24) is 15.5 Å². The maximum Gasteiger partial charge on any atom is 0.276 e. The summed E-state index contributed by atoms with van der Waals surface area (Å²) in [5.41, 5.74) is 4.07. The second-order valence-corrected chi connectivity index (χ2v) is 6.50. The number of H-pyrrole nitrogens is 1. The molecule has 148 valence electrons. The predicted molar refractivity (Wildman–Crippen MR) is 112 cm³/mol. The number of ether oxygens (including phenoxy) is 1. The van der Waals surface area contributed by atoms with Gasteiger partial charge in [0.1, 0.15) is 0 Å². The molecule has 1 aliphatic rings. The topological polar surface area (TPSA) is 103 Å². The molecule has 2 heterocycles. The maximum atomic E-state index is 12.5. The number of benzene rings is 2. The molecule has 0 saturated carbocycles. The number of morpholine rings is 1. The van der Waals surface area contributed by atoms with E-state index in [4.69, 9.17) is 10.00 Å². The van der Waals surface area contributed by atoms with Crippen LogP contribution in [0.5, 0.6) is 0 Å². The Labute approximate surface area is 174 Å². The molecule has 0 bridgehead atoms. The van der Waals surface area contributed by atoms with E-state index >= 15 is 0 Å². The molecule has 4 rings (SSSR count). The Morgan fingerprint density at radius 1 is 1.21 bits per heavy atom. The van der Waals surface area contributed by atoms with Gasteiger partial charge >= 0.3 is 0 Å². The van der Waals surface area contributed by atoms with Crippen LogP contribution in [0.4, 0.5) is 5.69 Å². The minimum Gasteiger partial charge on any atom is -0.371 e. The number of halogens is 1. The SMILES string of the molecule is Cl.N#Cc1cccc(-c2cc(C(=O)Nc3ccc([C@H]4CNCCO4)cc3)n[nH]2)c1. The van der Waals surface area contributed by atoms with Crippen molar-refractivity contribution in [2.75, 3.05) is 25.0 Å².